The molecule has 1 atom stereocenters. The van der Waals surface area contributed by atoms with Gasteiger partial charge in [-0.05, 0) is 61.9 Å². The topological polar surface area (TPSA) is 57.7 Å². The van der Waals surface area contributed by atoms with Crippen molar-refractivity contribution < 1.29 is 13.2 Å². The molecule has 2 aliphatic rings. The van der Waals surface area contributed by atoms with Crippen molar-refractivity contribution in [2.75, 3.05) is 18.0 Å². The molecule has 148 valence electrons. The lowest BCUT2D eigenvalue weighted by atomic mass is 10.1. The molecule has 0 unspecified atom stereocenters. The standard InChI is InChI=1S/C22H26N2O3S/c1-17-16-19-6-2-3-7-21(19)24(17)22(25)13-10-18-8-11-20(12-9-18)28(26,27)23-14-4-5-15-23/h2-3,6-9,11-12,17H,4-5,10,13-16H2,1H3/t17-/m1/s1. The maximum Gasteiger partial charge on any atom is 0.243 e. The second-order valence-electron chi connectivity index (χ2n) is 7.70. The molecule has 2 aromatic rings. The van der Waals surface area contributed by atoms with E-state index < -0.39 is 10.0 Å². The summed E-state index contributed by atoms with van der Waals surface area (Å²) in [5.41, 5.74) is 3.22. The maximum atomic E-state index is 12.8. The smallest absolute Gasteiger partial charge is 0.243 e. The molecule has 0 saturated carbocycles. The van der Waals surface area contributed by atoms with Crippen LogP contribution in [0.1, 0.15) is 37.3 Å². The zero-order valence-electron chi connectivity index (χ0n) is 16.2. The van der Waals surface area contributed by atoms with Gasteiger partial charge in [-0.2, -0.15) is 4.31 Å². The van der Waals surface area contributed by atoms with E-state index >= 15 is 0 Å². The average Bonchev–Trinajstić information content (AvgIpc) is 3.34. The van der Waals surface area contributed by atoms with Crippen LogP contribution in [0.3, 0.4) is 0 Å². The summed E-state index contributed by atoms with van der Waals surface area (Å²) >= 11 is 0. The summed E-state index contributed by atoms with van der Waals surface area (Å²) in [7, 11) is -3.38. The summed E-state index contributed by atoms with van der Waals surface area (Å²) in [6.45, 7) is 3.29. The first-order chi connectivity index (χ1) is 13.5. The molecule has 0 N–H and O–H groups in total. The van der Waals surface area contributed by atoms with Gasteiger partial charge in [-0.1, -0.05) is 30.3 Å². The highest BCUT2D eigenvalue weighted by molar-refractivity contribution is 7.89. The van der Waals surface area contributed by atoms with Crippen LogP contribution in [0.2, 0.25) is 0 Å². The van der Waals surface area contributed by atoms with E-state index in [-0.39, 0.29) is 11.9 Å². The Labute approximate surface area is 167 Å². The number of para-hydroxylation sites is 1. The lowest BCUT2D eigenvalue weighted by Gasteiger charge is -2.22. The predicted octanol–water partition coefficient (Wildman–Crippen LogP) is 3.38. The summed E-state index contributed by atoms with van der Waals surface area (Å²) < 4.78 is 26.8. The molecule has 6 heteroatoms. The van der Waals surface area contributed by atoms with Gasteiger partial charge >= 0.3 is 0 Å². The molecule has 28 heavy (non-hydrogen) atoms. The van der Waals surface area contributed by atoms with Gasteiger partial charge < -0.3 is 4.90 Å². The summed E-state index contributed by atoms with van der Waals surface area (Å²) in [6.07, 6.45) is 3.77. The molecule has 1 amide bonds. The first-order valence-electron chi connectivity index (χ1n) is 9.96. The Kier molecular flexibility index (Phi) is 5.25. The van der Waals surface area contributed by atoms with E-state index in [1.807, 2.05) is 35.2 Å². The zero-order chi connectivity index (χ0) is 19.7. The quantitative estimate of drug-likeness (QED) is 0.776. The average molecular weight is 399 g/mol. The molecule has 4 rings (SSSR count). The highest BCUT2D eigenvalue weighted by atomic mass is 32.2. The fraction of sp³-hybridized carbons (Fsp3) is 0.409. The van der Waals surface area contributed by atoms with E-state index in [0.717, 1.165) is 30.5 Å². The van der Waals surface area contributed by atoms with E-state index in [0.29, 0.717) is 30.8 Å². The highest BCUT2D eigenvalue weighted by Gasteiger charge is 2.30. The van der Waals surface area contributed by atoms with Crippen LogP contribution in [0.4, 0.5) is 5.69 Å². The number of amides is 1. The van der Waals surface area contributed by atoms with E-state index in [4.69, 9.17) is 0 Å². The lowest BCUT2D eigenvalue weighted by molar-refractivity contribution is -0.118. The minimum absolute atomic E-state index is 0.117. The zero-order valence-corrected chi connectivity index (χ0v) is 17.0. The fourth-order valence-electron chi connectivity index (χ4n) is 4.22. The van der Waals surface area contributed by atoms with Crippen LogP contribution in [-0.2, 0) is 27.7 Å². The number of nitrogens with zero attached hydrogens (tertiary/aromatic N) is 2. The van der Waals surface area contributed by atoms with Crippen LogP contribution < -0.4 is 4.90 Å². The number of hydrogen-bond donors (Lipinski definition) is 0. The third-order valence-electron chi connectivity index (χ3n) is 5.73. The van der Waals surface area contributed by atoms with E-state index in [9.17, 15) is 13.2 Å². The monoisotopic (exact) mass is 398 g/mol. The first kappa shape index (κ1) is 19.2. The van der Waals surface area contributed by atoms with Gasteiger partial charge in [0, 0.05) is 31.2 Å². The van der Waals surface area contributed by atoms with Crippen molar-refractivity contribution in [1.29, 1.82) is 0 Å². The third-order valence-corrected chi connectivity index (χ3v) is 7.64. The van der Waals surface area contributed by atoms with Crippen molar-refractivity contribution in [2.24, 2.45) is 0 Å². The maximum absolute atomic E-state index is 12.8. The van der Waals surface area contributed by atoms with Crippen LogP contribution in [0.15, 0.2) is 53.4 Å². The van der Waals surface area contributed by atoms with Gasteiger partial charge in [0.25, 0.3) is 0 Å². The molecule has 0 radical (unpaired) electrons. The van der Waals surface area contributed by atoms with Crippen LogP contribution >= 0.6 is 0 Å². The number of sulfonamides is 1. The molecule has 1 fully saturated rings. The number of hydrogen-bond acceptors (Lipinski definition) is 3. The number of fused-ring (bicyclic) bond motifs is 1. The van der Waals surface area contributed by atoms with Crippen LogP contribution in [0.25, 0.3) is 0 Å². The molecule has 0 bridgehead atoms. The van der Waals surface area contributed by atoms with Gasteiger partial charge in [0.05, 0.1) is 4.90 Å². The van der Waals surface area contributed by atoms with E-state index in [2.05, 4.69) is 13.0 Å². The Hall–Kier alpha value is -2.18. The number of aryl methyl sites for hydroxylation is 1. The summed E-state index contributed by atoms with van der Waals surface area (Å²) in [5.74, 6) is 0.117. The van der Waals surface area contributed by atoms with Gasteiger partial charge in [0.1, 0.15) is 0 Å². The number of anilines is 1. The summed E-state index contributed by atoms with van der Waals surface area (Å²) in [4.78, 5) is 15.1. The highest BCUT2D eigenvalue weighted by Crippen LogP contribution is 2.32. The molecule has 0 aliphatic carbocycles. The second kappa shape index (κ2) is 7.68. The molecular weight excluding hydrogens is 372 g/mol. The van der Waals surface area contributed by atoms with Crippen molar-refractivity contribution in [3.8, 4) is 0 Å². The fourth-order valence-corrected chi connectivity index (χ4v) is 5.74. The van der Waals surface area contributed by atoms with Gasteiger partial charge in [-0.25, -0.2) is 8.42 Å². The predicted molar refractivity (Wildman–Crippen MR) is 110 cm³/mol. The van der Waals surface area contributed by atoms with Gasteiger partial charge in [-0.3, -0.25) is 4.79 Å². The molecule has 1 saturated heterocycles. The normalized spacial score (nSPS) is 19.8. The van der Waals surface area contributed by atoms with Crippen molar-refractivity contribution in [2.45, 2.75) is 50.0 Å². The Morgan fingerprint density at radius 1 is 1.04 bits per heavy atom. The lowest BCUT2D eigenvalue weighted by Crippen LogP contribution is -2.35. The molecule has 2 aromatic carbocycles. The Morgan fingerprint density at radius 2 is 1.71 bits per heavy atom. The van der Waals surface area contributed by atoms with Gasteiger partial charge in [0.15, 0.2) is 0 Å². The molecule has 2 aliphatic heterocycles. The van der Waals surface area contributed by atoms with E-state index in [1.165, 1.54) is 5.56 Å². The third kappa shape index (κ3) is 3.59. The molecule has 0 aromatic heterocycles. The summed E-state index contributed by atoms with van der Waals surface area (Å²) in [6, 6.07) is 15.2. The molecule has 2 heterocycles. The van der Waals surface area contributed by atoms with Crippen molar-refractivity contribution in [1.82, 2.24) is 4.31 Å². The first-order valence-corrected chi connectivity index (χ1v) is 11.4. The number of carbonyl (C=O) groups is 1. The number of carbonyl (C=O) groups excluding carboxylic acids is 1. The number of benzene rings is 2. The molecule has 5 nitrogen and oxygen atoms in total. The second-order valence-corrected chi connectivity index (χ2v) is 9.64. The SMILES string of the molecule is C[C@@H]1Cc2ccccc2N1C(=O)CCc1ccc(S(=O)(=O)N2CCCC2)cc1. The summed E-state index contributed by atoms with van der Waals surface area (Å²) in [5, 5.41) is 0. The van der Waals surface area contributed by atoms with Crippen molar-refractivity contribution in [3.63, 3.8) is 0 Å². The van der Waals surface area contributed by atoms with Crippen LogP contribution in [0, 0.1) is 0 Å². The Balaban J connectivity index is 1.41. The number of rotatable bonds is 5. The van der Waals surface area contributed by atoms with Gasteiger partial charge in [0.2, 0.25) is 15.9 Å². The van der Waals surface area contributed by atoms with Gasteiger partial charge in [-0.15, -0.1) is 0 Å². The molecule has 0 spiro atoms. The minimum atomic E-state index is -3.38. The largest absolute Gasteiger partial charge is 0.309 e. The Bertz CT molecular complexity index is 964. The Morgan fingerprint density at radius 3 is 2.43 bits per heavy atom. The van der Waals surface area contributed by atoms with Crippen molar-refractivity contribution >= 4 is 21.6 Å². The molecular formula is C22H26N2O3S. The van der Waals surface area contributed by atoms with Crippen LogP contribution in [0.5, 0.6) is 0 Å². The van der Waals surface area contributed by atoms with Crippen molar-refractivity contribution in [3.05, 3.63) is 59.7 Å². The van der Waals surface area contributed by atoms with E-state index in [1.54, 1.807) is 16.4 Å². The van der Waals surface area contributed by atoms with Crippen LogP contribution in [-0.4, -0.2) is 37.8 Å². The minimum Gasteiger partial charge on any atom is -0.309 e.